The molecule has 20 heavy (non-hydrogen) atoms. The smallest absolute Gasteiger partial charge is 0.399 e. The molecule has 1 heterocycles. The van der Waals surface area contributed by atoms with E-state index in [1.165, 1.54) is 0 Å². The average Bonchev–Trinajstić information content (AvgIpc) is 2.57. The number of hydrogen-bond acceptors (Lipinski definition) is 3. The number of hydrogen-bond donors (Lipinski definition) is 0. The van der Waals surface area contributed by atoms with Gasteiger partial charge in [0, 0.05) is 5.56 Å². The fourth-order valence-electron chi connectivity index (χ4n) is 2.55. The Morgan fingerprint density at radius 1 is 1.10 bits per heavy atom. The third-order valence-electron chi connectivity index (χ3n) is 4.39. The third-order valence-corrected chi connectivity index (χ3v) is 4.39. The minimum Gasteiger partial charge on any atom is -0.399 e. The van der Waals surface area contributed by atoms with Crippen LogP contribution in [0.1, 0.15) is 63.4 Å². The van der Waals surface area contributed by atoms with Gasteiger partial charge in [0.15, 0.2) is 0 Å². The molecular formula is C16H23BO3. The lowest BCUT2D eigenvalue weighted by Gasteiger charge is -2.32. The Kier molecular flexibility index (Phi) is 3.82. The summed E-state index contributed by atoms with van der Waals surface area (Å²) >= 11 is 0. The SMILES string of the molecule is CC(C)c1c(C=O)cccc1B1OC(C)(C)C(C)(C)O1. The fourth-order valence-corrected chi connectivity index (χ4v) is 2.55. The summed E-state index contributed by atoms with van der Waals surface area (Å²) in [5, 5.41) is 0. The van der Waals surface area contributed by atoms with Crippen molar-refractivity contribution in [3.8, 4) is 0 Å². The maximum Gasteiger partial charge on any atom is 0.495 e. The fraction of sp³-hybridized carbons (Fsp3) is 0.562. The second-order valence-corrected chi connectivity index (χ2v) is 6.71. The Labute approximate surface area is 121 Å². The number of carbonyl (C=O) groups is 1. The lowest BCUT2D eigenvalue weighted by molar-refractivity contribution is 0.00578. The van der Waals surface area contributed by atoms with E-state index in [1.807, 2.05) is 45.9 Å². The van der Waals surface area contributed by atoms with E-state index in [4.69, 9.17) is 9.31 Å². The predicted octanol–water partition coefficient (Wildman–Crippen LogP) is 2.92. The lowest BCUT2D eigenvalue weighted by Crippen LogP contribution is -2.41. The van der Waals surface area contributed by atoms with Crippen molar-refractivity contribution >= 4 is 18.9 Å². The summed E-state index contributed by atoms with van der Waals surface area (Å²) in [5.74, 6) is 0.241. The van der Waals surface area contributed by atoms with Gasteiger partial charge in [-0.25, -0.2) is 0 Å². The first kappa shape index (κ1) is 15.3. The van der Waals surface area contributed by atoms with Crippen LogP contribution in [-0.4, -0.2) is 24.6 Å². The van der Waals surface area contributed by atoms with Crippen molar-refractivity contribution in [1.82, 2.24) is 0 Å². The van der Waals surface area contributed by atoms with Crippen LogP contribution in [0.15, 0.2) is 18.2 Å². The van der Waals surface area contributed by atoms with E-state index in [9.17, 15) is 4.79 Å². The molecule has 0 aliphatic carbocycles. The van der Waals surface area contributed by atoms with E-state index in [1.54, 1.807) is 0 Å². The summed E-state index contributed by atoms with van der Waals surface area (Å²) in [6, 6.07) is 5.72. The topological polar surface area (TPSA) is 35.5 Å². The molecule has 0 spiro atoms. The Morgan fingerprint density at radius 2 is 1.65 bits per heavy atom. The van der Waals surface area contributed by atoms with Crippen molar-refractivity contribution in [2.75, 3.05) is 0 Å². The van der Waals surface area contributed by atoms with E-state index >= 15 is 0 Å². The van der Waals surface area contributed by atoms with Crippen molar-refractivity contribution in [1.29, 1.82) is 0 Å². The Bertz CT molecular complexity index is 504. The Morgan fingerprint density at radius 3 is 2.10 bits per heavy atom. The van der Waals surface area contributed by atoms with E-state index in [0.29, 0.717) is 5.56 Å². The molecule has 0 bridgehead atoms. The molecule has 4 heteroatoms. The number of carbonyl (C=O) groups excluding carboxylic acids is 1. The minimum atomic E-state index is -0.419. The molecule has 1 aliphatic heterocycles. The summed E-state index contributed by atoms with van der Waals surface area (Å²) in [6.45, 7) is 12.3. The van der Waals surface area contributed by atoms with E-state index in [2.05, 4.69) is 13.8 Å². The van der Waals surface area contributed by atoms with E-state index in [-0.39, 0.29) is 17.1 Å². The van der Waals surface area contributed by atoms with Crippen LogP contribution in [0.4, 0.5) is 0 Å². The predicted molar refractivity (Wildman–Crippen MR) is 81.6 cm³/mol. The van der Waals surface area contributed by atoms with Crippen molar-refractivity contribution in [2.45, 2.75) is 58.7 Å². The highest BCUT2D eigenvalue weighted by Gasteiger charge is 2.52. The molecule has 3 nitrogen and oxygen atoms in total. The first-order valence-electron chi connectivity index (χ1n) is 7.13. The monoisotopic (exact) mass is 274 g/mol. The number of benzene rings is 1. The van der Waals surface area contributed by atoms with Gasteiger partial charge in [0.25, 0.3) is 0 Å². The summed E-state index contributed by atoms with van der Waals surface area (Å²) in [4.78, 5) is 11.3. The van der Waals surface area contributed by atoms with Gasteiger partial charge >= 0.3 is 7.12 Å². The van der Waals surface area contributed by atoms with Crippen LogP contribution in [0.25, 0.3) is 0 Å². The van der Waals surface area contributed by atoms with Crippen molar-refractivity contribution in [2.24, 2.45) is 0 Å². The van der Waals surface area contributed by atoms with Crippen LogP contribution in [0.3, 0.4) is 0 Å². The summed E-state index contributed by atoms with van der Waals surface area (Å²) in [5.41, 5.74) is 1.95. The van der Waals surface area contributed by atoms with Crippen LogP contribution >= 0.6 is 0 Å². The highest BCUT2D eigenvalue weighted by molar-refractivity contribution is 6.62. The average molecular weight is 274 g/mol. The standard InChI is InChI=1S/C16H23BO3/c1-11(2)14-12(10-18)8-7-9-13(14)17-19-15(3,4)16(5,6)20-17/h7-11H,1-6H3. The third kappa shape index (κ3) is 2.43. The molecule has 1 saturated heterocycles. The number of aldehydes is 1. The summed E-state index contributed by atoms with van der Waals surface area (Å²) < 4.78 is 12.2. The van der Waals surface area contributed by atoms with Gasteiger partial charge in [-0.3, -0.25) is 4.79 Å². The van der Waals surface area contributed by atoms with Crippen LogP contribution in [-0.2, 0) is 9.31 Å². The molecule has 108 valence electrons. The van der Waals surface area contributed by atoms with Gasteiger partial charge in [0.1, 0.15) is 6.29 Å². The molecule has 1 aromatic rings. The molecule has 0 N–H and O–H groups in total. The largest absolute Gasteiger partial charge is 0.495 e. The molecule has 1 aliphatic rings. The molecule has 1 aromatic carbocycles. The van der Waals surface area contributed by atoms with Crippen molar-refractivity contribution < 1.29 is 14.1 Å². The Hall–Kier alpha value is -1.13. The molecule has 0 atom stereocenters. The molecule has 0 saturated carbocycles. The van der Waals surface area contributed by atoms with Crippen LogP contribution in [0.5, 0.6) is 0 Å². The van der Waals surface area contributed by atoms with Gasteiger partial charge in [0.05, 0.1) is 11.2 Å². The van der Waals surface area contributed by atoms with E-state index in [0.717, 1.165) is 17.3 Å². The van der Waals surface area contributed by atoms with Crippen molar-refractivity contribution in [3.05, 3.63) is 29.3 Å². The van der Waals surface area contributed by atoms with Gasteiger partial charge in [-0.15, -0.1) is 0 Å². The number of rotatable bonds is 3. The molecule has 2 rings (SSSR count). The maximum atomic E-state index is 11.3. The highest BCUT2D eigenvalue weighted by Crippen LogP contribution is 2.37. The normalized spacial score (nSPS) is 20.4. The van der Waals surface area contributed by atoms with Gasteiger partial charge in [-0.2, -0.15) is 0 Å². The van der Waals surface area contributed by atoms with Gasteiger partial charge in [-0.1, -0.05) is 32.0 Å². The zero-order valence-corrected chi connectivity index (χ0v) is 13.2. The van der Waals surface area contributed by atoms with E-state index < -0.39 is 7.12 Å². The zero-order valence-electron chi connectivity index (χ0n) is 13.2. The second kappa shape index (κ2) is 5.01. The Balaban J connectivity index is 2.48. The second-order valence-electron chi connectivity index (χ2n) is 6.71. The van der Waals surface area contributed by atoms with Gasteiger partial charge < -0.3 is 9.31 Å². The summed E-state index contributed by atoms with van der Waals surface area (Å²) in [7, 11) is -0.419. The first-order valence-corrected chi connectivity index (χ1v) is 7.13. The maximum absolute atomic E-state index is 11.3. The molecule has 0 aromatic heterocycles. The van der Waals surface area contributed by atoms with Gasteiger partial charge in [-0.05, 0) is 44.6 Å². The highest BCUT2D eigenvalue weighted by atomic mass is 16.7. The first-order chi connectivity index (χ1) is 9.19. The molecular weight excluding hydrogens is 251 g/mol. The minimum absolute atomic E-state index is 0.241. The molecule has 0 unspecified atom stereocenters. The quantitative estimate of drug-likeness (QED) is 0.628. The lowest BCUT2D eigenvalue weighted by atomic mass is 9.72. The molecule has 1 fully saturated rings. The molecule has 0 amide bonds. The zero-order chi connectivity index (χ0) is 15.1. The molecule has 0 radical (unpaired) electrons. The van der Waals surface area contributed by atoms with Crippen molar-refractivity contribution in [3.63, 3.8) is 0 Å². The van der Waals surface area contributed by atoms with Gasteiger partial charge in [0.2, 0.25) is 0 Å². The van der Waals surface area contributed by atoms with Crippen LogP contribution in [0.2, 0.25) is 0 Å². The summed E-state index contributed by atoms with van der Waals surface area (Å²) in [6.07, 6.45) is 0.907. The van der Waals surface area contributed by atoms with Crippen LogP contribution < -0.4 is 5.46 Å². The van der Waals surface area contributed by atoms with Crippen LogP contribution in [0, 0.1) is 0 Å².